The van der Waals surface area contributed by atoms with Crippen LogP contribution in [0.2, 0.25) is 0 Å². The lowest BCUT2D eigenvalue weighted by atomic mass is 10.1. The highest BCUT2D eigenvalue weighted by molar-refractivity contribution is 7.80. The second kappa shape index (κ2) is 6.61. The van der Waals surface area contributed by atoms with E-state index in [0.717, 1.165) is 10.5 Å². The molecule has 0 saturated carbocycles. The molecule has 0 bridgehead atoms. The quantitative estimate of drug-likeness (QED) is 0.827. The Labute approximate surface area is 119 Å². The molecule has 0 saturated heterocycles. The van der Waals surface area contributed by atoms with Gasteiger partial charge in [-0.1, -0.05) is 6.07 Å². The van der Waals surface area contributed by atoms with Crippen LogP contribution in [0.5, 0.6) is 0 Å². The van der Waals surface area contributed by atoms with E-state index in [9.17, 15) is 9.59 Å². The van der Waals surface area contributed by atoms with Gasteiger partial charge in [-0.15, -0.1) is 12.6 Å². The van der Waals surface area contributed by atoms with Gasteiger partial charge in [-0.05, 0) is 38.5 Å². The molecule has 0 spiro atoms. The predicted octanol–water partition coefficient (Wildman–Crippen LogP) is 1.88. The summed E-state index contributed by atoms with van der Waals surface area (Å²) in [5.41, 5.74) is 1.41. The molecule has 1 N–H and O–H groups in total. The molecule has 5 heteroatoms. The number of benzene rings is 1. The standard InChI is InChI=1S/C14H20N2O2S/c1-5-16(4)14(18)10(3)15-13(17)12-8-11(19)7-6-9(12)2/h6-8,10,19H,5H2,1-4H3,(H,15,17). The van der Waals surface area contributed by atoms with Gasteiger partial charge in [-0.2, -0.15) is 0 Å². The van der Waals surface area contributed by atoms with Crippen LogP contribution in [-0.2, 0) is 4.79 Å². The van der Waals surface area contributed by atoms with Crippen molar-refractivity contribution in [2.45, 2.75) is 31.7 Å². The highest BCUT2D eigenvalue weighted by Gasteiger charge is 2.19. The Bertz CT molecular complexity index is 488. The van der Waals surface area contributed by atoms with Crippen LogP contribution < -0.4 is 5.32 Å². The van der Waals surface area contributed by atoms with Crippen molar-refractivity contribution in [2.75, 3.05) is 13.6 Å². The van der Waals surface area contributed by atoms with Gasteiger partial charge in [-0.25, -0.2) is 0 Å². The lowest BCUT2D eigenvalue weighted by Crippen LogP contribution is -2.45. The Balaban J connectivity index is 2.80. The number of aryl methyl sites for hydroxylation is 1. The fourth-order valence-electron chi connectivity index (χ4n) is 1.68. The summed E-state index contributed by atoms with van der Waals surface area (Å²) in [6.45, 7) is 6.05. The summed E-state index contributed by atoms with van der Waals surface area (Å²) in [6.07, 6.45) is 0. The molecule has 0 aromatic heterocycles. The van der Waals surface area contributed by atoms with E-state index < -0.39 is 6.04 Å². The Hall–Kier alpha value is -1.49. The van der Waals surface area contributed by atoms with Crippen LogP contribution in [0.15, 0.2) is 23.1 Å². The summed E-state index contributed by atoms with van der Waals surface area (Å²) in [4.78, 5) is 26.3. The van der Waals surface area contributed by atoms with Crippen molar-refractivity contribution >= 4 is 24.4 Å². The SMILES string of the molecule is CCN(C)C(=O)C(C)NC(=O)c1cc(S)ccc1C. The van der Waals surface area contributed by atoms with Gasteiger partial charge in [0.2, 0.25) is 5.91 Å². The van der Waals surface area contributed by atoms with Gasteiger partial charge >= 0.3 is 0 Å². The van der Waals surface area contributed by atoms with E-state index in [0.29, 0.717) is 12.1 Å². The number of nitrogens with zero attached hydrogens (tertiary/aromatic N) is 1. The minimum Gasteiger partial charge on any atom is -0.344 e. The average molecular weight is 280 g/mol. The minimum atomic E-state index is -0.541. The fourth-order valence-corrected chi connectivity index (χ4v) is 1.88. The largest absolute Gasteiger partial charge is 0.344 e. The highest BCUT2D eigenvalue weighted by Crippen LogP contribution is 2.14. The van der Waals surface area contributed by atoms with Gasteiger partial charge in [0, 0.05) is 24.1 Å². The number of carbonyl (C=O) groups excluding carboxylic acids is 2. The number of hydrogen-bond acceptors (Lipinski definition) is 3. The summed E-state index contributed by atoms with van der Waals surface area (Å²) in [6, 6.07) is 4.82. The smallest absolute Gasteiger partial charge is 0.252 e. The first-order valence-electron chi connectivity index (χ1n) is 6.22. The summed E-state index contributed by atoms with van der Waals surface area (Å²) in [7, 11) is 1.71. The molecular weight excluding hydrogens is 260 g/mol. The van der Waals surface area contributed by atoms with E-state index >= 15 is 0 Å². The Morgan fingerprint density at radius 2 is 2.05 bits per heavy atom. The van der Waals surface area contributed by atoms with Crippen molar-refractivity contribution in [3.63, 3.8) is 0 Å². The zero-order chi connectivity index (χ0) is 14.6. The van der Waals surface area contributed by atoms with E-state index in [-0.39, 0.29) is 11.8 Å². The van der Waals surface area contributed by atoms with Crippen LogP contribution in [0.4, 0.5) is 0 Å². The van der Waals surface area contributed by atoms with Crippen molar-refractivity contribution in [1.82, 2.24) is 10.2 Å². The van der Waals surface area contributed by atoms with Crippen LogP contribution in [0, 0.1) is 6.92 Å². The molecule has 0 aliphatic carbocycles. The molecular formula is C14H20N2O2S. The molecule has 19 heavy (non-hydrogen) atoms. The summed E-state index contributed by atoms with van der Waals surface area (Å²) in [5, 5.41) is 2.72. The molecule has 1 aromatic carbocycles. The maximum Gasteiger partial charge on any atom is 0.252 e. The van der Waals surface area contributed by atoms with Crippen molar-refractivity contribution in [2.24, 2.45) is 0 Å². The second-order valence-corrected chi connectivity index (χ2v) is 5.06. The van der Waals surface area contributed by atoms with Crippen molar-refractivity contribution < 1.29 is 9.59 Å². The summed E-state index contributed by atoms with van der Waals surface area (Å²) >= 11 is 4.22. The number of likely N-dealkylation sites (N-methyl/N-ethyl adjacent to an activating group) is 1. The molecule has 0 aliphatic rings. The lowest BCUT2D eigenvalue weighted by Gasteiger charge is -2.21. The van der Waals surface area contributed by atoms with Crippen LogP contribution in [0.3, 0.4) is 0 Å². The van der Waals surface area contributed by atoms with Gasteiger partial charge in [0.1, 0.15) is 6.04 Å². The van der Waals surface area contributed by atoms with E-state index in [1.54, 1.807) is 24.9 Å². The lowest BCUT2D eigenvalue weighted by molar-refractivity contribution is -0.131. The number of hydrogen-bond donors (Lipinski definition) is 2. The number of amides is 2. The number of rotatable bonds is 4. The zero-order valence-corrected chi connectivity index (χ0v) is 12.6. The van der Waals surface area contributed by atoms with E-state index in [4.69, 9.17) is 0 Å². The van der Waals surface area contributed by atoms with Crippen molar-refractivity contribution in [1.29, 1.82) is 0 Å². The third-order valence-electron chi connectivity index (χ3n) is 3.03. The molecule has 1 rings (SSSR count). The molecule has 1 aromatic rings. The van der Waals surface area contributed by atoms with Gasteiger partial charge < -0.3 is 10.2 Å². The first-order valence-corrected chi connectivity index (χ1v) is 6.67. The van der Waals surface area contributed by atoms with Gasteiger partial charge in [0.25, 0.3) is 5.91 Å². The van der Waals surface area contributed by atoms with Gasteiger partial charge in [-0.3, -0.25) is 9.59 Å². The monoisotopic (exact) mass is 280 g/mol. The third kappa shape index (κ3) is 3.99. The predicted molar refractivity (Wildman–Crippen MR) is 78.7 cm³/mol. The second-order valence-electron chi connectivity index (χ2n) is 4.55. The summed E-state index contributed by atoms with van der Waals surface area (Å²) in [5.74, 6) is -0.353. The van der Waals surface area contributed by atoms with Gasteiger partial charge in [0.05, 0.1) is 0 Å². The maximum absolute atomic E-state index is 12.1. The van der Waals surface area contributed by atoms with Crippen LogP contribution in [0.25, 0.3) is 0 Å². The van der Waals surface area contributed by atoms with E-state index in [1.165, 1.54) is 0 Å². The molecule has 0 heterocycles. The van der Waals surface area contributed by atoms with Crippen LogP contribution in [0.1, 0.15) is 29.8 Å². The Morgan fingerprint density at radius 1 is 1.42 bits per heavy atom. The van der Waals surface area contributed by atoms with Crippen molar-refractivity contribution in [3.8, 4) is 0 Å². The third-order valence-corrected chi connectivity index (χ3v) is 3.31. The molecule has 1 unspecified atom stereocenters. The Kier molecular flexibility index (Phi) is 5.42. The molecule has 0 radical (unpaired) electrons. The zero-order valence-electron chi connectivity index (χ0n) is 11.7. The maximum atomic E-state index is 12.1. The van der Waals surface area contributed by atoms with Crippen LogP contribution in [-0.4, -0.2) is 36.3 Å². The minimum absolute atomic E-state index is 0.101. The first kappa shape index (κ1) is 15.6. The fraction of sp³-hybridized carbons (Fsp3) is 0.429. The first-order chi connectivity index (χ1) is 8.86. The number of carbonyl (C=O) groups is 2. The Morgan fingerprint density at radius 3 is 2.63 bits per heavy atom. The van der Waals surface area contributed by atoms with Crippen molar-refractivity contribution in [3.05, 3.63) is 29.3 Å². The van der Waals surface area contributed by atoms with Crippen LogP contribution >= 0.6 is 12.6 Å². The topological polar surface area (TPSA) is 49.4 Å². The molecule has 104 valence electrons. The van der Waals surface area contributed by atoms with Gasteiger partial charge in [0.15, 0.2) is 0 Å². The molecule has 4 nitrogen and oxygen atoms in total. The van der Waals surface area contributed by atoms with E-state index in [2.05, 4.69) is 17.9 Å². The molecule has 0 fully saturated rings. The molecule has 1 atom stereocenters. The average Bonchev–Trinajstić information content (AvgIpc) is 2.39. The number of thiol groups is 1. The molecule has 0 aliphatic heterocycles. The molecule has 2 amide bonds. The van der Waals surface area contributed by atoms with E-state index in [1.807, 2.05) is 26.0 Å². The normalized spacial score (nSPS) is 11.8. The highest BCUT2D eigenvalue weighted by atomic mass is 32.1. The summed E-state index contributed by atoms with van der Waals surface area (Å²) < 4.78 is 0. The number of nitrogens with one attached hydrogen (secondary N) is 1.